The van der Waals surface area contributed by atoms with Crippen molar-refractivity contribution < 1.29 is 19.4 Å². The number of rotatable bonds is 5. The normalized spacial score (nSPS) is 18.6. The van der Waals surface area contributed by atoms with E-state index in [0.717, 1.165) is 0 Å². The van der Waals surface area contributed by atoms with Crippen molar-refractivity contribution in [2.75, 3.05) is 7.11 Å². The minimum absolute atomic E-state index is 0.0151. The van der Waals surface area contributed by atoms with Crippen LogP contribution in [0.4, 0.5) is 0 Å². The summed E-state index contributed by atoms with van der Waals surface area (Å²) in [7, 11) is 1.49. The molecule has 2 aliphatic rings. The van der Waals surface area contributed by atoms with Crippen LogP contribution in [0.15, 0.2) is 96.6 Å². The standard InChI is InChI=1S/C27H21ClN2O4/c1-33-26-15-23-22(14-24(26)31)25(9-10-29-23)34-21-8-6-16-5-7-20(12-18(16)13-21)30-27(32)17-3-2-4-19(28)11-17/h2-16,18,31H,1H3,(H,30,32). The molecular formula is C27H21ClN2O4. The van der Waals surface area contributed by atoms with Crippen LogP contribution in [0.25, 0.3) is 10.9 Å². The molecule has 2 unspecified atom stereocenters. The van der Waals surface area contributed by atoms with Crippen LogP contribution < -0.4 is 14.8 Å². The number of amides is 1. The molecule has 3 aromatic rings. The van der Waals surface area contributed by atoms with E-state index in [1.807, 2.05) is 30.4 Å². The summed E-state index contributed by atoms with van der Waals surface area (Å²) >= 11 is 6.00. The predicted molar refractivity (Wildman–Crippen MR) is 131 cm³/mol. The fraction of sp³-hybridized carbons (Fsp3) is 0.111. The van der Waals surface area contributed by atoms with Crippen molar-refractivity contribution in [1.82, 2.24) is 10.3 Å². The Morgan fingerprint density at radius 2 is 1.91 bits per heavy atom. The highest BCUT2D eigenvalue weighted by Gasteiger charge is 2.22. The number of methoxy groups -OCH3 is 1. The number of carbonyl (C=O) groups is 1. The van der Waals surface area contributed by atoms with Crippen molar-refractivity contribution in [2.24, 2.45) is 11.8 Å². The van der Waals surface area contributed by atoms with E-state index in [4.69, 9.17) is 21.1 Å². The largest absolute Gasteiger partial charge is 0.504 e. The molecule has 170 valence electrons. The van der Waals surface area contributed by atoms with Gasteiger partial charge in [-0.15, -0.1) is 0 Å². The van der Waals surface area contributed by atoms with Crippen LogP contribution in [0.5, 0.6) is 17.2 Å². The van der Waals surface area contributed by atoms with Crippen molar-refractivity contribution in [2.45, 2.75) is 0 Å². The lowest BCUT2D eigenvalue weighted by molar-refractivity contribution is 0.0966. The van der Waals surface area contributed by atoms with E-state index in [-0.39, 0.29) is 23.5 Å². The molecule has 0 radical (unpaired) electrons. The lowest BCUT2D eigenvalue weighted by Crippen LogP contribution is -2.25. The third-order valence-corrected chi connectivity index (χ3v) is 5.96. The van der Waals surface area contributed by atoms with Crippen LogP contribution in [0, 0.1) is 11.8 Å². The Labute approximate surface area is 201 Å². The maximum Gasteiger partial charge on any atom is 0.255 e. The first-order chi connectivity index (χ1) is 16.5. The van der Waals surface area contributed by atoms with Crippen LogP contribution in [-0.2, 0) is 0 Å². The monoisotopic (exact) mass is 472 g/mol. The second-order valence-corrected chi connectivity index (χ2v) is 8.42. The number of hydrogen-bond donors (Lipinski definition) is 2. The van der Waals surface area contributed by atoms with Crippen molar-refractivity contribution in [3.63, 3.8) is 0 Å². The topological polar surface area (TPSA) is 80.7 Å². The van der Waals surface area contributed by atoms with Gasteiger partial charge in [0.1, 0.15) is 11.5 Å². The van der Waals surface area contributed by atoms with Gasteiger partial charge in [0.25, 0.3) is 5.91 Å². The number of nitrogens with zero attached hydrogens (tertiary/aromatic N) is 1. The zero-order valence-corrected chi connectivity index (χ0v) is 19.0. The first kappa shape index (κ1) is 21.8. The lowest BCUT2D eigenvalue weighted by atomic mass is 9.84. The molecule has 0 saturated heterocycles. The molecule has 34 heavy (non-hydrogen) atoms. The molecule has 0 aliphatic heterocycles. The SMILES string of the molecule is COc1cc2nccc(OC3=CC4C=C(NC(=O)c5cccc(Cl)c5)C=CC4C=C3)c2cc1O. The number of carbonyl (C=O) groups excluding carboxylic acids is 1. The number of pyridine rings is 1. The quantitative estimate of drug-likeness (QED) is 0.508. The Balaban J connectivity index is 1.37. The van der Waals surface area contributed by atoms with Gasteiger partial charge in [0.15, 0.2) is 11.5 Å². The van der Waals surface area contributed by atoms with Crippen molar-refractivity contribution >= 4 is 28.4 Å². The Morgan fingerprint density at radius 1 is 1.06 bits per heavy atom. The molecule has 1 heterocycles. The summed E-state index contributed by atoms with van der Waals surface area (Å²) < 4.78 is 11.3. The van der Waals surface area contributed by atoms with E-state index < -0.39 is 0 Å². The molecule has 1 amide bonds. The Bertz CT molecular complexity index is 1410. The van der Waals surface area contributed by atoms with Gasteiger partial charge in [-0.05, 0) is 48.6 Å². The van der Waals surface area contributed by atoms with Gasteiger partial charge >= 0.3 is 0 Å². The molecule has 6 nitrogen and oxygen atoms in total. The molecule has 2 aromatic carbocycles. The molecule has 2 aliphatic carbocycles. The fourth-order valence-corrected chi connectivity index (χ4v) is 4.21. The summed E-state index contributed by atoms with van der Waals surface area (Å²) in [5, 5.41) is 14.3. The Morgan fingerprint density at radius 3 is 2.74 bits per heavy atom. The molecule has 1 aromatic heterocycles. The summed E-state index contributed by atoms with van der Waals surface area (Å²) in [6.07, 6.45) is 13.6. The van der Waals surface area contributed by atoms with Gasteiger partial charge in [-0.3, -0.25) is 9.78 Å². The second-order valence-electron chi connectivity index (χ2n) is 7.98. The number of nitrogens with one attached hydrogen (secondary N) is 1. The van der Waals surface area contributed by atoms with Crippen LogP contribution in [-0.4, -0.2) is 23.1 Å². The molecule has 0 saturated carbocycles. The van der Waals surface area contributed by atoms with E-state index in [0.29, 0.717) is 44.4 Å². The molecule has 7 heteroatoms. The molecule has 0 bridgehead atoms. The van der Waals surface area contributed by atoms with E-state index in [1.54, 1.807) is 48.7 Å². The number of aromatic hydroxyl groups is 1. The van der Waals surface area contributed by atoms with Gasteiger partial charge in [0.2, 0.25) is 0 Å². The number of fused-ring (bicyclic) bond motifs is 2. The van der Waals surface area contributed by atoms with Crippen molar-refractivity contribution in [3.8, 4) is 17.2 Å². The Kier molecular flexibility index (Phi) is 5.82. The summed E-state index contributed by atoms with van der Waals surface area (Å²) in [5.74, 6) is 1.56. The molecule has 5 rings (SSSR count). The smallest absolute Gasteiger partial charge is 0.255 e. The van der Waals surface area contributed by atoms with Crippen LogP contribution in [0.1, 0.15) is 10.4 Å². The van der Waals surface area contributed by atoms with Gasteiger partial charge in [-0.25, -0.2) is 0 Å². The molecule has 0 fully saturated rings. The van der Waals surface area contributed by atoms with E-state index >= 15 is 0 Å². The van der Waals surface area contributed by atoms with Crippen LogP contribution in [0.3, 0.4) is 0 Å². The zero-order valence-electron chi connectivity index (χ0n) is 18.2. The lowest BCUT2D eigenvalue weighted by Gasteiger charge is -2.25. The van der Waals surface area contributed by atoms with Crippen LogP contribution >= 0.6 is 11.6 Å². The maximum atomic E-state index is 12.6. The molecule has 2 atom stereocenters. The van der Waals surface area contributed by atoms with Gasteiger partial charge in [0.05, 0.1) is 12.6 Å². The number of phenolic OH excluding ortho intramolecular Hbond substituents is 1. The predicted octanol–water partition coefficient (Wildman–Crippen LogP) is 5.55. The number of halogens is 1. The number of ether oxygens (including phenoxy) is 2. The summed E-state index contributed by atoms with van der Waals surface area (Å²) in [4.78, 5) is 16.9. The minimum atomic E-state index is -0.220. The average Bonchev–Trinajstić information content (AvgIpc) is 2.84. The third-order valence-electron chi connectivity index (χ3n) is 5.73. The van der Waals surface area contributed by atoms with Gasteiger partial charge in [-0.2, -0.15) is 0 Å². The molecule has 0 spiro atoms. The van der Waals surface area contributed by atoms with Gasteiger partial charge in [0, 0.05) is 45.8 Å². The fourth-order valence-electron chi connectivity index (χ4n) is 4.02. The number of aromatic nitrogens is 1. The number of hydrogen-bond acceptors (Lipinski definition) is 5. The Hall–Kier alpha value is -4.03. The summed E-state index contributed by atoms with van der Waals surface area (Å²) in [6.45, 7) is 0. The maximum absolute atomic E-state index is 12.6. The highest BCUT2D eigenvalue weighted by atomic mass is 35.5. The summed E-state index contributed by atoms with van der Waals surface area (Å²) in [5.41, 5.74) is 1.86. The third kappa shape index (κ3) is 4.40. The molecular weight excluding hydrogens is 452 g/mol. The van der Waals surface area contributed by atoms with Crippen molar-refractivity contribution in [3.05, 3.63) is 107 Å². The van der Waals surface area contributed by atoms with E-state index in [1.165, 1.54) is 7.11 Å². The zero-order chi connectivity index (χ0) is 23.7. The highest BCUT2D eigenvalue weighted by molar-refractivity contribution is 6.31. The average molecular weight is 473 g/mol. The summed E-state index contributed by atoms with van der Waals surface area (Å²) in [6, 6.07) is 11.8. The van der Waals surface area contributed by atoms with Crippen molar-refractivity contribution in [1.29, 1.82) is 0 Å². The molecule has 2 N–H and O–H groups in total. The minimum Gasteiger partial charge on any atom is -0.504 e. The first-order valence-corrected chi connectivity index (χ1v) is 11.1. The first-order valence-electron chi connectivity index (χ1n) is 10.7. The number of phenols is 1. The van der Waals surface area contributed by atoms with Crippen LogP contribution in [0.2, 0.25) is 5.02 Å². The van der Waals surface area contributed by atoms with E-state index in [9.17, 15) is 9.90 Å². The highest BCUT2D eigenvalue weighted by Crippen LogP contribution is 2.36. The van der Waals surface area contributed by atoms with Gasteiger partial charge in [-0.1, -0.05) is 35.9 Å². The van der Waals surface area contributed by atoms with E-state index in [2.05, 4.69) is 16.4 Å². The van der Waals surface area contributed by atoms with Gasteiger partial charge < -0.3 is 19.9 Å². The number of benzene rings is 2. The second kappa shape index (κ2) is 9.08. The number of allylic oxidation sites excluding steroid dienone is 6.